The number of rotatable bonds is 8. The van der Waals surface area contributed by atoms with Gasteiger partial charge in [-0.25, -0.2) is 0 Å². The van der Waals surface area contributed by atoms with Gasteiger partial charge in [0.15, 0.2) is 5.75 Å². The first kappa shape index (κ1) is 14.2. The van der Waals surface area contributed by atoms with E-state index in [1.165, 1.54) is 0 Å². The Morgan fingerprint density at radius 1 is 1.33 bits per heavy atom. The van der Waals surface area contributed by atoms with Crippen molar-refractivity contribution < 1.29 is 14.4 Å². The molecule has 0 heterocycles. The number of benzene rings is 1. The van der Waals surface area contributed by atoms with Gasteiger partial charge in [0.2, 0.25) is 0 Å². The van der Waals surface area contributed by atoms with Crippen molar-refractivity contribution in [2.75, 3.05) is 31.7 Å². The standard InChI is InChI=1S/C12H18N2O4/c1-3-13-10-6-5-7-11(12(10)14(15)16)18-9-8-17-4-2/h5-7,13H,3-4,8-9H2,1-2H3. The summed E-state index contributed by atoms with van der Waals surface area (Å²) in [6.45, 7) is 5.69. The molecule has 0 saturated heterocycles. The van der Waals surface area contributed by atoms with E-state index in [-0.39, 0.29) is 11.4 Å². The molecular weight excluding hydrogens is 236 g/mol. The van der Waals surface area contributed by atoms with Gasteiger partial charge >= 0.3 is 5.69 Å². The molecule has 0 amide bonds. The van der Waals surface area contributed by atoms with Crippen molar-refractivity contribution in [1.29, 1.82) is 0 Å². The van der Waals surface area contributed by atoms with Crippen LogP contribution >= 0.6 is 0 Å². The van der Waals surface area contributed by atoms with E-state index in [1.54, 1.807) is 18.2 Å². The number of nitrogens with one attached hydrogen (secondary N) is 1. The summed E-state index contributed by atoms with van der Waals surface area (Å²) in [5.74, 6) is 0.262. The van der Waals surface area contributed by atoms with E-state index in [9.17, 15) is 10.1 Å². The first-order valence-electron chi connectivity index (χ1n) is 5.92. The number of nitrogens with zero attached hydrogens (tertiary/aromatic N) is 1. The van der Waals surface area contributed by atoms with Crippen molar-refractivity contribution in [1.82, 2.24) is 0 Å². The lowest BCUT2D eigenvalue weighted by Crippen LogP contribution is -2.09. The van der Waals surface area contributed by atoms with Crippen LogP contribution in [0, 0.1) is 10.1 Å². The van der Waals surface area contributed by atoms with Gasteiger partial charge in [-0.3, -0.25) is 10.1 Å². The van der Waals surface area contributed by atoms with E-state index in [1.807, 2.05) is 13.8 Å². The number of anilines is 1. The second-order valence-corrected chi connectivity index (χ2v) is 3.49. The summed E-state index contributed by atoms with van der Waals surface area (Å²) in [6, 6.07) is 4.98. The van der Waals surface area contributed by atoms with Crippen molar-refractivity contribution in [3.05, 3.63) is 28.3 Å². The fourth-order valence-corrected chi connectivity index (χ4v) is 1.52. The number of nitro benzene ring substituents is 1. The van der Waals surface area contributed by atoms with E-state index in [2.05, 4.69) is 5.32 Å². The molecule has 0 bridgehead atoms. The minimum absolute atomic E-state index is 0.0316. The Morgan fingerprint density at radius 3 is 2.72 bits per heavy atom. The summed E-state index contributed by atoms with van der Waals surface area (Å²) >= 11 is 0. The van der Waals surface area contributed by atoms with Gasteiger partial charge in [-0.15, -0.1) is 0 Å². The van der Waals surface area contributed by atoms with E-state index < -0.39 is 4.92 Å². The minimum atomic E-state index is -0.437. The number of nitro groups is 1. The third-order valence-corrected chi connectivity index (χ3v) is 2.24. The third-order valence-electron chi connectivity index (χ3n) is 2.24. The van der Waals surface area contributed by atoms with Crippen molar-refractivity contribution in [3.63, 3.8) is 0 Å². The van der Waals surface area contributed by atoms with Crippen molar-refractivity contribution in [3.8, 4) is 5.75 Å². The van der Waals surface area contributed by atoms with Crippen molar-refractivity contribution in [2.24, 2.45) is 0 Å². The van der Waals surface area contributed by atoms with Crippen LogP contribution in [0.3, 0.4) is 0 Å². The maximum absolute atomic E-state index is 11.1. The molecule has 6 heteroatoms. The molecule has 6 nitrogen and oxygen atoms in total. The van der Waals surface area contributed by atoms with E-state index in [0.717, 1.165) is 0 Å². The second kappa shape index (κ2) is 7.50. The third kappa shape index (κ3) is 3.89. The summed E-state index contributed by atoms with van der Waals surface area (Å²) < 4.78 is 10.5. The normalized spacial score (nSPS) is 10.1. The smallest absolute Gasteiger partial charge is 0.333 e. The van der Waals surface area contributed by atoms with E-state index >= 15 is 0 Å². The summed E-state index contributed by atoms with van der Waals surface area (Å²) in [5, 5.41) is 14.0. The van der Waals surface area contributed by atoms with Crippen LogP contribution < -0.4 is 10.1 Å². The van der Waals surface area contributed by atoms with Gasteiger partial charge in [0.05, 0.1) is 11.5 Å². The lowest BCUT2D eigenvalue weighted by atomic mass is 10.2. The lowest BCUT2D eigenvalue weighted by molar-refractivity contribution is -0.385. The molecule has 100 valence electrons. The molecule has 0 aliphatic rings. The highest BCUT2D eigenvalue weighted by Gasteiger charge is 2.20. The minimum Gasteiger partial charge on any atom is -0.484 e. The molecule has 1 N–H and O–H groups in total. The van der Waals surface area contributed by atoms with Crippen molar-refractivity contribution in [2.45, 2.75) is 13.8 Å². The van der Waals surface area contributed by atoms with Crippen LogP contribution in [0.25, 0.3) is 0 Å². The molecule has 0 radical (unpaired) electrons. The predicted octanol–water partition coefficient (Wildman–Crippen LogP) is 2.44. The lowest BCUT2D eigenvalue weighted by Gasteiger charge is -2.10. The van der Waals surface area contributed by atoms with Gasteiger partial charge < -0.3 is 14.8 Å². The molecule has 0 aromatic heterocycles. The summed E-state index contributed by atoms with van der Waals surface area (Å²) in [4.78, 5) is 10.6. The molecule has 1 rings (SSSR count). The maximum atomic E-state index is 11.1. The number of hydrogen-bond donors (Lipinski definition) is 1. The quantitative estimate of drug-likeness (QED) is 0.438. The molecule has 0 aliphatic carbocycles. The summed E-state index contributed by atoms with van der Waals surface area (Å²) in [6.07, 6.45) is 0. The number of hydrogen-bond acceptors (Lipinski definition) is 5. The molecule has 0 aliphatic heterocycles. The fraction of sp³-hybridized carbons (Fsp3) is 0.500. The maximum Gasteiger partial charge on any atom is 0.333 e. The van der Waals surface area contributed by atoms with Gasteiger partial charge in [-0.05, 0) is 26.0 Å². The van der Waals surface area contributed by atoms with Crippen LogP contribution in [0.5, 0.6) is 5.75 Å². The molecule has 0 spiro atoms. The first-order valence-corrected chi connectivity index (χ1v) is 5.92. The van der Waals surface area contributed by atoms with Crippen molar-refractivity contribution >= 4 is 11.4 Å². The van der Waals surface area contributed by atoms with Gasteiger partial charge in [0.25, 0.3) is 0 Å². The first-order chi connectivity index (χ1) is 8.70. The van der Waals surface area contributed by atoms with Gasteiger partial charge in [0, 0.05) is 13.2 Å². The Balaban J connectivity index is 2.82. The fourth-order valence-electron chi connectivity index (χ4n) is 1.52. The SMILES string of the molecule is CCNc1cccc(OCCOCC)c1[N+](=O)[O-]. The Hall–Kier alpha value is -1.82. The second-order valence-electron chi connectivity index (χ2n) is 3.49. The largest absolute Gasteiger partial charge is 0.484 e. The molecule has 0 unspecified atom stereocenters. The molecule has 1 aromatic rings. The monoisotopic (exact) mass is 254 g/mol. The molecule has 18 heavy (non-hydrogen) atoms. The Kier molecular flexibility index (Phi) is 5.93. The topological polar surface area (TPSA) is 73.6 Å². The van der Waals surface area contributed by atoms with E-state index in [4.69, 9.17) is 9.47 Å². The van der Waals surface area contributed by atoms with Crippen LogP contribution in [0.2, 0.25) is 0 Å². The number of ether oxygens (including phenoxy) is 2. The van der Waals surface area contributed by atoms with Crippen LogP contribution in [-0.2, 0) is 4.74 Å². The average Bonchev–Trinajstić information content (AvgIpc) is 2.35. The Morgan fingerprint density at radius 2 is 2.11 bits per heavy atom. The van der Waals surface area contributed by atoms with Crippen LogP contribution in [0.1, 0.15) is 13.8 Å². The van der Waals surface area contributed by atoms with Crippen LogP contribution in [-0.4, -0.2) is 31.3 Å². The van der Waals surface area contributed by atoms with Gasteiger partial charge in [-0.2, -0.15) is 0 Å². The number of para-hydroxylation sites is 1. The molecule has 1 aromatic carbocycles. The molecule has 0 fully saturated rings. The van der Waals surface area contributed by atoms with Gasteiger partial charge in [0.1, 0.15) is 12.3 Å². The molecule has 0 atom stereocenters. The zero-order valence-electron chi connectivity index (χ0n) is 10.6. The average molecular weight is 254 g/mol. The highest BCUT2D eigenvalue weighted by Crippen LogP contribution is 2.34. The van der Waals surface area contributed by atoms with E-state index in [0.29, 0.717) is 32.1 Å². The Labute approximate surface area is 106 Å². The van der Waals surface area contributed by atoms with Crippen LogP contribution in [0.4, 0.5) is 11.4 Å². The van der Waals surface area contributed by atoms with Crippen LogP contribution in [0.15, 0.2) is 18.2 Å². The highest BCUT2D eigenvalue weighted by molar-refractivity contribution is 5.68. The van der Waals surface area contributed by atoms with Gasteiger partial charge in [-0.1, -0.05) is 6.07 Å². The summed E-state index contributed by atoms with van der Waals surface area (Å²) in [5.41, 5.74) is 0.437. The molecular formula is C12H18N2O4. The highest BCUT2D eigenvalue weighted by atomic mass is 16.6. The zero-order chi connectivity index (χ0) is 13.4. The Bertz CT molecular complexity index is 396. The summed E-state index contributed by atoms with van der Waals surface area (Å²) in [7, 11) is 0. The molecule has 0 saturated carbocycles. The zero-order valence-corrected chi connectivity index (χ0v) is 10.6. The predicted molar refractivity (Wildman–Crippen MR) is 69.2 cm³/mol.